The van der Waals surface area contributed by atoms with E-state index in [2.05, 4.69) is 17.2 Å². The molecule has 1 amide bonds. The predicted octanol–water partition coefficient (Wildman–Crippen LogP) is 1.10. The van der Waals surface area contributed by atoms with Crippen LogP contribution in [0.25, 0.3) is 0 Å². The molecule has 1 aromatic heterocycles. The third-order valence-corrected chi connectivity index (χ3v) is 4.13. The Kier molecular flexibility index (Phi) is 4.97. The summed E-state index contributed by atoms with van der Waals surface area (Å²) < 4.78 is 5.41. The van der Waals surface area contributed by atoms with E-state index in [0.717, 1.165) is 16.9 Å². The van der Waals surface area contributed by atoms with Gasteiger partial charge in [0, 0.05) is 17.0 Å². The van der Waals surface area contributed by atoms with Gasteiger partial charge in [-0.2, -0.15) is 0 Å². The van der Waals surface area contributed by atoms with Crippen LogP contribution in [0.5, 0.6) is 0 Å². The zero-order valence-electron chi connectivity index (χ0n) is 10.9. The molecule has 3 N–H and O–H groups in total. The zero-order valence-corrected chi connectivity index (χ0v) is 11.8. The van der Waals surface area contributed by atoms with Gasteiger partial charge >= 0.3 is 0 Å². The Hall–Kier alpha value is -1.35. The Bertz CT molecular complexity index is 501. The van der Waals surface area contributed by atoms with Crippen molar-refractivity contribution >= 4 is 17.2 Å². The van der Waals surface area contributed by atoms with E-state index in [1.165, 1.54) is 0 Å². The van der Waals surface area contributed by atoms with E-state index in [4.69, 9.17) is 10.5 Å². The minimum absolute atomic E-state index is 0.0137. The van der Waals surface area contributed by atoms with Crippen molar-refractivity contribution in [2.45, 2.75) is 26.0 Å². The van der Waals surface area contributed by atoms with E-state index in [1.54, 1.807) is 11.3 Å². The summed E-state index contributed by atoms with van der Waals surface area (Å²) in [6, 6.07) is 1.95. The maximum Gasteiger partial charge on any atom is 0.226 e. The molecule has 2 heterocycles. The van der Waals surface area contributed by atoms with Crippen molar-refractivity contribution in [2.75, 3.05) is 13.2 Å². The fourth-order valence-electron chi connectivity index (χ4n) is 2.11. The van der Waals surface area contributed by atoms with Crippen LogP contribution < -0.4 is 11.1 Å². The predicted molar refractivity (Wildman–Crippen MR) is 75.6 cm³/mol. The molecule has 102 valence electrons. The number of nitrogens with two attached hydrogens (primary N) is 1. The second kappa shape index (κ2) is 6.71. The molecular formula is C14H18N2O2S. The second-order valence-electron chi connectivity index (χ2n) is 4.45. The Morgan fingerprint density at radius 1 is 1.68 bits per heavy atom. The van der Waals surface area contributed by atoms with Crippen LogP contribution >= 0.6 is 11.3 Å². The summed E-state index contributed by atoms with van der Waals surface area (Å²) in [6.45, 7) is 3.49. The van der Waals surface area contributed by atoms with Crippen LogP contribution in [0.2, 0.25) is 0 Å². The van der Waals surface area contributed by atoms with Crippen molar-refractivity contribution in [1.29, 1.82) is 0 Å². The van der Waals surface area contributed by atoms with E-state index in [1.807, 2.05) is 18.4 Å². The lowest BCUT2D eigenvalue weighted by molar-refractivity contribution is -0.126. The first kappa shape index (κ1) is 14.1. The van der Waals surface area contributed by atoms with Crippen LogP contribution in [0.4, 0.5) is 0 Å². The highest BCUT2D eigenvalue weighted by Crippen LogP contribution is 2.21. The topological polar surface area (TPSA) is 64.3 Å². The van der Waals surface area contributed by atoms with E-state index >= 15 is 0 Å². The highest BCUT2D eigenvalue weighted by molar-refractivity contribution is 7.10. The summed E-state index contributed by atoms with van der Waals surface area (Å²) in [6.07, 6.45) is 0.817. The Balaban J connectivity index is 1.92. The summed E-state index contributed by atoms with van der Waals surface area (Å²) in [5.41, 5.74) is 6.31. The minimum Gasteiger partial charge on any atom is -0.378 e. The average Bonchev–Trinajstić information content (AvgIpc) is 3.02. The first-order chi connectivity index (χ1) is 9.22. The summed E-state index contributed by atoms with van der Waals surface area (Å²) in [4.78, 5) is 13.1. The number of hydrogen-bond acceptors (Lipinski definition) is 4. The number of hydrogen-bond donors (Lipinski definition) is 2. The molecule has 1 saturated heterocycles. The van der Waals surface area contributed by atoms with Crippen molar-refractivity contribution in [3.05, 3.63) is 21.9 Å². The van der Waals surface area contributed by atoms with Gasteiger partial charge in [-0.05, 0) is 24.8 Å². The fourth-order valence-corrected chi connectivity index (χ4v) is 2.88. The van der Waals surface area contributed by atoms with Gasteiger partial charge in [0.2, 0.25) is 5.91 Å². The van der Waals surface area contributed by atoms with E-state index in [0.29, 0.717) is 19.7 Å². The summed E-state index contributed by atoms with van der Waals surface area (Å²) in [5.74, 6) is 5.88. The third kappa shape index (κ3) is 3.57. The first-order valence-electron chi connectivity index (χ1n) is 6.37. The van der Waals surface area contributed by atoms with Gasteiger partial charge in [-0.3, -0.25) is 4.79 Å². The van der Waals surface area contributed by atoms with Gasteiger partial charge in [0.25, 0.3) is 0 Å². The van der Waals surface area contributed by atoms with Crippen molar-refractivity contribution in [3.63, 3.8) is 0 Å². The zero-order chi connectivity index (χ0) is 13.7. The molecule has 4 nitrogen and oxygen atoms in total. The number of carbonyl (C=O) groups is 1. The molecule has 0 radical (unpaired) electrons. The molecule has 0 spiro atoms. The number of carbonyl (C=O) groups excluding carboxylic acids is 1. The van der Waals surface area contributed by atoms with Crippen molar-refractivity contribution in [2.24, 2.45) is 11.7 Å². The maximum atomic E-state index is 12.0. The summed E-state index contributed by atoms with van der Waals surface area (Å²) >= 11 is 1.60. The van der Waals surface area contributed by atoms with Gasteiger partial charge in [0.15, 0.2) is 0 Å². The number of thiophene rings is 1. The molecule has 1 fully saturated rings. The second-order valence-corrected chi connectivity index (χ2v) is 5.45. The molecule has 19 heavy (non-hydrogen) atoms. The van der Waals surface area contributed by atoms with Crippen LogP contribution in [0.15, 0.2) is 11.4 Å². The molecular weight excluding hydrogens is 260 g/mol. The average molecular weight is 278 g/mol. The molecule has 2 atom stereocenters. The van der Waals surface area contributed by atoms with Gasteiger partial charge in [0.1, 0.15) is 0 Å². The van der Waals surface area contributed by atoms with Crippen LogP contribution in [0.1, 0.15) is 23.8 Å². The Morgan fingerprint density at radius 3 is 3.21 bits per heavy atom. The molecule has 2 unspecified atom stereocenters. The lowest BCUT2D eigenvalue weighted by Crippen LogP contribution is -2.33. The molecule has 0 bridgehead atoms. The van der Waals surface area contributed by atoms with Crippen LogP contribution in [0.3, 0.4) is 0 Å². The number of amides is 1. The minimum atomic E-state index is -0.0291. The quantitative estimate of drug-likeness (QED) is 0.814. The summed E-state index contributed by atoms with van der Waals surface area (Å²) in [5, 5.41) is 4.94. The van der Waals surface area contributed by atoms with Crippen LogP contribution in [0, 0.1) is 17.8 Å². The molecule has 2 rings (SSSR count). The first-order valence-corrected chi connectivity index (χ1v) is 7.25. The maximum absolute atomic E-state index is 12.0. The number of nitrogens with one attached hydrogen (secondary N) is 1. The third-order valence-electron chi connectivity index (χ3n) is 3.21. The fraction of sp³-hybridized carbons (Fsp3) is 0.500. The molecule has 1 aromatic rings. The Morgan fingerprint density at radius 2 is 2.53 bits per heavy atom. The lowest BCUT2D eigenvalue weighted by Gasteiger charge is -2.13. The van der Waals surface area contributed by atoms with Gasteiger partial charge in [0.05, 0.1) is 25.1 Å². The van der Waals surface area contributed by atoms with Crippen LogP contribution in [-0.2, 0) is 16.1 Å². The van der Waals surface area contributed by atoms with Crippen molar-refractivity contribution < 1.29 is 9.53 Å². The molecule has 5 heteroatoms. The molecule has 0 aliphatic carbocycles. The van der Waals surface area contributed by atoms with E-state index in [-0.39, 0.29) is 17.9 Å². The van der Waals surface area contributed by atoms with E-state index < -0.39 is 0 Å². The smallest absolute Gasteiger partial charge is 0.226 e. The normalized spacial score (nSPS) is 21.8. The molecule has 0 aromatic carbocycles. The van der Waals surface area contributed by atoms with Gasteiger partial charge in [-0.25, -0.2) is 0 Å². The van der Waals surface area contributed by atoms with Crippen molar-refractivity contribution in [1.82, 2.24) is 5.32 Å². The van der Waals surface area contributed by atoms with Crippen molar-refractivity contribution in [3.8, 4) is 11.8 Å². The monoisotopic (exact) mass is 278 g/mol. The number of ether oxygens (including phenoxy) is 1. The van der Waals surface area contributed by atoms with Gasteiger partial charge < -0.3 is 15.8 Å². The van der Waals surface area contributed by atoms with Gasteiger partial charge in [-0.15, -0.1) is 11.3 Å². The number of rotatable bonds is 3. The molecule has 1 aliphatic heterocycles. The SMILES string of the molecule is CC1OCCC1C(=O)NCc1sccc1C#CCN. The highest BCUT2D eigenvalue weighted by Gasteiger charge is 2.30. The Labute approximate surface area is 117 Å². The summed E-state index contributed by atoms with van der Waals surface area (Å²) in [7, 11) is 0. The van der Waals surface area contributed by atoms with Gasteiger partial charge in [-0.1, -0.05) is 11.8 Å². The lowest BCUT2D eigenvalue weighted by atomic mass is 10.0. The molecule has 0 saturated carbocycles. The van der Waals surface area contributed by atoms with Crippen LogP contribution in [-0.4, -0.2) is 25.2 Å². The molecule has 1 aliphatic rings. The van der Waals surface area contributed by atoms with E-state index in [9.17, 15) is 4.79 Å². The largest absolute Gasteiger partial charge is 0.378 e. The standard InChI is InChI=1S/C14H18N2O2S/c1-10-12(4-7-18-10)14(17)16-9-13-11(3-2-6-15)5-8-19-13/h5,8,10,12H,4,6-7,9,15H2,1H3,(H,16,17). The highest BCUT2D eigenvalue weighted by atomic mass is 32.1.